The zero-order valence-electron chi connectivity index (χ0n) is 18.9. The average Bonchev–Trinajstić information content (AvgIpc) is 3.26. The van der Waals surface area contributed by atoms with Crippen molar-refractivity contribution in [2.75, 3.05) is 11.1 Å². The molecule has 0 radical (unpaired) electrons. The number of amides is 1. The fourth-order valence-corrected chi connectivity index (χ4v) is 4.23. The lowest BCUT2D eigenvalue weighted by Gasteiger charge is -2.11. The molecule has 4 rings (SSSR count). The molecule has 2 N–H and O–H groups in total. The molecule has 0 saturated carbocycles. The van der Waals surface area contributed by atoms with Gasteiger partial charge in [0, 0.05) is 30.1 Å². The molecule has 0 aliphatic rings. The van der Waals surface area contributed by atoms with Crippen molar-refractivity contribution in [3.8, 4) is 5.69 Å². The number of halogens is 1. The number of thioether (sulfide) groups is 1. The van der Waals surface area contributed by atoms with Crippen molar-refractivity contribution in [1.82, 2.24) is 20.1 Å². The third kappa shape index (κ3) is 6.45. The summed E-state index contributed by atoms with van der Waals surface area (Å²) in [6, 6.07) is 24.3. The fourth-order valence-electron chi connectivity index (χ4n) is 3.32. The molecular weight excluding hydrogens is 449 g/mol. The van der Waals surface area contributed by atoms with Crippen molar-refractivity contribution in [2.45, 2.75) is 31.6 Å². The zero-order valence-corrected chi connectivity index (χ0v) is 19.7. The number of aromatic nitrogens is 3. The van der Waals surface area contributed by atoms with Gasteiger partial charge < -0.3 is 10.6 Å². The number of nitrogens with zero attached hydrogens (tertiary/aromatic N) is 3. The number of anilines is 1. The molecule has 0 spiro atoms. The second-order valence-electron chi connectivity index (χ2n) is 7.79. The van der Waals surface area contributed by atoms with Gasteiger partial charge in [0.05, 0.1) is 6.54 Å². The molecule has 0 saturated heterocycles. The molecule has 0 unspecified atom stereocenters. The molecule has 1 heterocycles. The number of hydrogen-bond acceptors (Lipinski definition) is 5. The van der Waals surface area contributed by atoms with Crippen molar-refractivity contribution in [3.05, 3.63) is 102 Å². The van der Waals surface area contributed by atoms with Crippen LogP contribution in [0.2, 0.25) is 0 Å². The summed E-state index contributed by atoms with van der Waals surface area (Å²) in [7, 11) is 0. The lowest BCUT2D eigenvalue weighted by Crippen LogP contribution is -2.23. The summed E-state index contributed by atoms with van der Waals surface area (Å²) < 4.78 is 15.0. The Kier molecular flexibility index (Phi) is 7.93. The fraction of sp³-hybridized carbons (Fsp3) is 0.192. The quantitative estimate of drug-likeness (QED) is 0.311. The summed E-state index contributed by atoms with van der Waals surface area (Å²) >= 11 is 1.49. The predicted molar refractivity (Wildman–Crippen MR) is 133 cm³/mol. The van der Waals surface area contributed by atoms with Crippen LogP contribution in [0.15, 0.2) is 84.0 Å². The van der Waals surface area contributed by atoms with Crippen LogP contribution in [0.1, 0.15) is 23.4 Å². The van der Waals surface area contributed by atoms with Crippen LogP contribution in [-0.2, 0) is 17.9 Å². The normalized spacial score (nSPS) is 10.8. The molecule has 0 atom stereocenters. The Labute approximate surface area is 202 Å². The summed E-state index contributed by atoms with van der Waals surface area (Å²) in [5.41, 5.74) is 4.05. The van der Waals surface area contributed by atoms with Crippen molar-refractivity contribution in [1.29, 1.82) is 0 Å². The van der Waals surface area contributed by atoms with Gasteiger partial charge >= 0.3 is 0 Å². The van der Waals surface area contributed by atoms with Crippen LogP contribution in [0.5, 0.6) is 0 Å². The summed E-state index contributed by atoms with van der Waals surface area (Å²) in [5, 5.41) is 15.8. The highest BCUT2D eigenvalue weighted by Gasteiger charge is 2.15. The Morgan fingerprint density at radius 2 is 1.68 bits per heavy atom. The molecule has 174 valence electrons. The first-order valence-corrected chi connectivity index (χ1v) is 12.0. The molecule has 1 amide bonds. The lowest BCUT2D eigenvalue weighted by molar-refractivity contribution is -0.120. The Morgan fingerprint density at radius 3 is 2.41 bits per heavy atom. The third-order valence-electron chi connectivity index (χ3n) is 5.18. The Bertz CT molecular complexity index is 1210. The maximum atomic E-state index is 13.0. The summed E-state index contributed by atoms with van der Waals surface area (Å²) in [6.07, 6.45) is 0.338. The SMILES string of the molecule is Cc1ccc(NCc2nnc(SCCC(=O)NCc3ccc(F)cc3)n2-c2ccccc2)cc1. The van der Waals surface area contributed by atoms with Gasteiger partial charge in [-0.3, -0.25) is 9.36 Å². The summed E-state index contributed by atoms with van der Waals surface area (Å²) in [5.74, 6) is 0.993. The topological polar surface area (TPSA) is 71.8 Å². The maximum Gasteiger partial charge on any atom is 0.221 e. The van der Waals surface area contributed by atoms with Crippen LogP contribution in [0, 0.1) is 12.7 Å². The molecule has 0 aliphatic heterocycles. The van der Waals surface area contributed by atoms with Crippen molar-refractivity contribution < 1.29 is 9.18 Å². The van der Waals surface area contributed by atoms with Gasteiger partial charge in [0.1, 0.15) is 5.82 Å². The van der Waals surface area contributed by atoms with E-state index in [0.29, 0.717) is 25.3 Å². The molecule has 8 heteroatoms. The van der Waals surface area contributed by atoms with Gasteiger partial charge in [0.2, 0.25) is 5.91 Å². The van der Waals surface area contributed by atoms with E-state index in [1.807, 2.05) is 47.0 Å². The largest absolute Gasteiger partial charge is 0.378 e. The van der Waals surface area contributed by atoms with Crippen LogP contribution in [-0.4, -0.2) is 26.4 Å². The van der Waals surface area contributed by atoms with E-state index in [9.17, 15) is 9.18 Å². The van der Waals surface area contributed by atoms with Crippen molar-refractivity contribution in [3.63, 3.8) is 0 Å². The van der Waals surface area contributed by atoms with E-state index >= 15 is 0 Å². The van der Waals surface area contributed by atoms with Crippen LogP contribution in [0.25, 0.3) is 5.69 Å². The van der Waals surface area contributed by atoms with E-state index in [1.54, 1.807) is 12.1 Å². The Hall–Kier alpha value is -3.65. The summed E-state index contributed by atoms with van der Waals surface area (Å²) in [4.78, 5) is 12.3. The minimum Gasteiger partial charge on any atom is -0.378 e. The molecular formula is C26H26FN5OS. The van der Waals surface area contributed by atoms with Gasteiger partial charge in [0.15, 0.2) is 11.0 Å². The van der Waals surface area contributed by atoms with E-state index in [2.05, 4.69) is 39.9 Å². The first-order chi connectivity index (χ1) is 16.6. The molecule has 0 fully saturated rings. The molecule has 0 bridgehead atoms. The van der Waals surface area contributed by atoms with Gasteiger partial charge in [-0.2, -0.15) is 0 Å². The number of carbonyl (C=O) groups excluding carboxylic acids is 1. The second-order valence-corrected chi connectivity index (χ2v) is 8.85. The second kappa shape index (κ2) is 11.5. The number of hydrogen-bond donors (Lipinski definition) is 2. The Morgan fingerprint density at radius 1 is 0.941 bits per heavy atom. The smallest absolute Gasteiger partial charge is 0.221 e. The van der Waals surface area contributed by atoms with Crippen molar-refractivity contribution in [2.24, 2.45) is 0 Å². The first-order valence-electron chi connectivity index (χ1n) is 11.0. The van der Waals surface area contributed by atoms with Gasteiger partial charge in [0.25, 0.3) is 0 Å². The van der Waals surface area contributed by atoms with Crippen LogP contribution >= 0.6 is 11.8 Å². The first kappa shape index (κ1) is 23.5. The Balaban J connectivity index is 1.37. The zero-order chi connectivity index (χ0) is 23.8. The van der Waals surface area contributed by atoms with Gasteiger partial charge in [-0.15, -0.1) is 10.2 Å². The van der Waals surface area contributed by atoms with E-state index < -0.39 is 0 Å². The number of para-hydroxylation sites is 1. The van der Waals surface area contributed by atoms with Gasteiger partial charge in [-0.25, -0.2) is 4.39 Å². The monoisotopic (exact) mass is 475 g/mol. The molecule has 4 aromatic rings. The molecule has 0 aliphatic carbocycles. The van der Waals surface area contributed by atoms with Crippen LogP contribution in [0.3, 0.4) is 0 Å². The summed E-state index contributed by atoms with van der Waals surface area (Å²) in [6.45, 7) is 2.95. The number of aryl methyl sites for hydroxylation is 1. The van der Waals surface area contributed by atoms with Crippen LogP contribution < -0.4 is 10.6 Å². The van der Waals surface area contributed by atoms with Gasteiger partial charge in [-0.1, -0.05) is 59.8 Å². The highest BCUT2D eigenvalue weighted by Crippen LogP contribution is 2.23. The van der Waals surface area contributed by atoms with Gasteiger partial charge in [-0.05, 0) is 48.9 Å². The standard InChI is InChI=1S/C26H26FN5OS/c1-19-7-13-22(14-8-19)28-18-24-30-31-26(32(24)23-5-3-2-4-6-23)34-16-15-25(33)29-17-20-9-11-21(27)12-10-20/h2-14,28H,15-18H2,1H3,(H,29,33). The molecule has 3 aromatic carbocycles. The van der Waals surface area contributed by atoms with Crippen molar-refractivity contribution >= 4 is 23.4 Å². The number of benzene rings is 3. The molecule has 1 aromatic heterocycles. The van der Waals surface area contributed by atoms with E-state index in [4.69, 9.17) is 0 Å². The minimum atomic E-state index is -0.289. The highest BCUT2D eigenvalue weighted by atomic mass is 32.2. The van der Waals surface area contributed by atoms with E-state index in [1.165, 1.54) is 29.5 Å². The average molecular weight is 476 g/mol. The maximum absolute atomic E-state index is 13.0. The van der Waals surface area contributed by atoms with Crippen LogP contribution in [0.4, 0.5) is 10.1 Å². The van der Waals surface area contributed by atoms with E-state index in [-0.39, 0.29) is 11.7 Å². The number of rotatable bonds is 10. The number of nitrogens with one attached hydrogen (secondary N) is 2. The predicted octanol–water partition coefficient (Wildman–Crippen LogP) is 5.13. The molecule has 34 heavy (non-hydrogen) atoms. The lowest BCUT2D eigenvalue weighted by atomic mass is 10.2. The number of carbonyl (C=O) groups is 1. The molecule has 6 nitrogen and oxygen atoms in total. The van der Waals surface area contributed by atoms with E-state index in [0.717, 1.165) is 27.9 Å². The minimum absolute atomic E-state index is 0.0659. The highest BCUT2D eigenvalue weighted by molar-refractivity contribution is 7.99. The third-order valence-corrected chi connectivity index (χ3v) is 6.11.